The molecule has 4 N–H and O–H groups in total. The van der Waals surface area contributed by atoms with Crippen molar-refractivity contribution in [1.29, 1.82) is 5.26 Å². The number of nitrogens with two attached hydrogens (primary N) is 1. The number of benzene rings is 1. The molecule has 222 valence electrons. The first-order chi connectivity index (χ1) is 20.4. The number of amides is 2. The van der Waals surface area contributed by atoms with E-state index in [1.165, 1.54) is 0 Å². The average molecular weight is 591 g/mol. The smallest absolute Gasteiger partial charge is 0.382 e. The molecule has 4 aromatic rings. The predicted octanol–water partition coefficient (Wildman–Crippen LogP) is 5.34. The second kappa shape index (κ2) is 11.4. The summed E-state index contributed by atoms with van der Waals surface area (Å²) >= 11 is 0. The van der Waals surface area contributed by atoms with Crippen LogP contribution in [0.4, 0.5) is 24.8 Å². The van der Waals surface area contributed by atoms with Gasteiger partial charge in [-0.25, -0.2) is 15.0 Å². The van der Waals surface area contributed by atoms with Crippen LogP contribution in [0.1, 0.15) is 67.2 Å². The summed E-state index contributed by atoms with van der Waals surface area (Å²) in [6, 6.07) is 9.97. The van der Waals surface area contributed by atoms with Crippen LogP contribution in [0.15, 0.2) is 55.0 Å². The Bertz CT molecular complexity index is 1720. The molecule has 43 heavy (non-hydrogen) atoms. The van der Waals surface area contributed by atoms with Gasteiger partial charge >= 0.3 is 6.18 Å². The van der Waals surface area contributed by atoms with Crippen LogP contribution in [0.2, 0.25) is 0 Å². The van der Waals surface area contributed by atoms with Gasteiger partial charge < -0.3 is 16.4 Å². The van der Waals surface area contributed by atoms with Gasteiger partial charge in [-0.2, -0.15) is 18.4 Å². The Labute approximate surface area is 245 Å². The molecule has 2 atom stereocenters. The number of nitrogen functional groups attached to an aromatic ring is 1. The summed E-state index contributed by atoms with van der Waals surface area (Å²) in [6.45, 7) is 3.17. The topological polar surface area (TPSA) is 151 Å². The molecule has 0 unspecified atom stereocenters. The van der Waals surface area contributed by atoms with Crippen molar-refractivity contribution < 1.29 is 22.8 Å². The summed E-state index contributed by atoms with van der Waals surface area (Å²) in [5.74, 6) is -0.122. The zero-order valence-electron chi connectivity index (χ0n) is 23.4. The van der Waals surface area contributed by atoms with E-state index in [1.807, 2.05) is 10.5 Å². The predicted molar refractivity (Wildman–Crippen MR) is 153 cm³/mol. The lowest BCUT2D eigenvalue weighted by molar-refractivity contribution is -0.137. The van der Waals surface area contributed by atoms with Gasteiger partial charge in [0.25, 0.3) is 5.91 Å². The number of fused-ring (bicyclic) bond motifs is 1. The number of imidazole rings is 1. The van der Waals surface area contributed by atoms with Crippen LogP contribution in [-0.2, 0) is 11.0 Å². The number of hydrogen-bond acceptors (Lipinski definition) is 7. The number of pyridine rings is 1. The number of nitrogens with one attached hydrogen (secondary N) is 2. The number of hydrogen-bond donors (Lipinski definition) is 3. The molecule has 1 saturated carbocycles. The maximum Gasteiger partial charge on any atom is 0.416 e. The lowest BCUT2D eigenvalue weighted by Gasteiger charge is -2.30. The zero-order chi connectivity index (χ0) is 30.9. The summed E-state index contributed by atoms with van der Waals surface area (Å²) in [5, 5.41) is 14.7. The van der Waals surface area contributed by atoms with E-state index in [4.69, 9.17) is 10.7 Å². The monoisotopic (exact) mass is 590 g/mol. The minimum Gasteiger partial charge on any atom is -0.382 e. The minimum absolute atomic E-state index is 0.00249. The molecule has 2 amide bonds. The molecule has 3 aromatic heterocycles. The summed E-state index contributed by atoms with van der Waals surface area (Å²) < 4.78 is 41.0. The van der Waals surface area contributed by atoms with Gasteiger partial charge in [-0.15, -0.1) is 0 Å². The molecule has 0 aliphatic heterocycles. The van der Waals surface area contributed by atoms with E-state index in [0.717, 1.165) is 43.4 Å². The van der Waals surface area contributed by atoms with Crippen molar-refractivity contribution in [3.05, 3.63) is 71.9 Å². The number of alkyl halides is 3. The molecule has 3 heterocycles. The summed E-state index contributed by atoms with van der Waals surface area (Å²) in [6.07, 6.45) is 2.92. The van der Waals surface area contributed by atoms with Crippen LogP contribution >= 0.6 is 0 Å². The second-order valence-corrected chi connectivity index (χ2v) is 11.1. The molecular weight excluding hydrogens is 561 g/mol. The molecule has 13 heteroatoms. The largest absolute Gasteiger partial charge is 0.416 e. The van der Waals surface area contributed by atoms with E-state index in [0.29, 0.717) is 23.2 Å². The number of nitrogens with zero attached hydrogens (tertiary/aromatic N) is 5. The average Bonchev–Trinajstić information content (AvgIpc) is 3.38. The van der Waals surface area contributed by atoms with Gasteiger partial charge in [0, 0.05) is 41.7 Å². The van der Waals surface area contributed by atoms with Crippen molar-refractivity contribution in [2.45, 2.75) is 57.7 Å². The van der Waals surface area contributed by atoms with Crippen molar-refractivity contribution in [3.63, 3.8) is 0 Å². The molecule has 10 nitrogen and oxygen atoms in total. The Hall–Kier alpha value is -4.99. The molecule has 0 saturated heterocycles. The van der Waals surface area contributed by atoms with Crippen molar-refractivity contribution in [3.8, 4) is 17.3 Å². The van der Waals surface area contributed by atoms with Crippen LogP contribution in [0.5, 0.6) is 0 Å². The fourth-order valence-corrected chi connectivity index (χ4v) is 5.19. The highest BCUT2D eigenvalue weighted by Crippen LogP contribution is 2.37. The molecule has 1 aliphatic rings. The Morgan fingerprint density at radius 1 is 1.09 bits per heavy atom. The number of halogens is 3. The Morgan fingerprint density at radius 3 is 2.53 bits per heavy atom. The maximum atomic E-state index is 13.0. The molecule has 0 spiro atoms. The van der Waals surface area contributed by atoms with Gasteiger partial charge in [-0.1, -0.05) is 18.6 Å². The SMILES string of the molecule is CC(C)(C#N)C(=O)N[C@H]1CCC[C@H](c2nc(-c3ccc(C(=O)Nc4cc(C(F)(F)F)ccn4)cc3)c3c(N)nccn23)C1. The van der Waals surface area contributed by atoms with Gasteiger partial charge in [0.1, 0.15) is 34.1 Å². The van der Waals surface area contributed by atoms with Crippen molar-refractivity contribution >= 4 is 29.0 Å². The third kappa shape index (κ3) is 6.13. The Kier molecular flexibility index (Phi) is 7.79. The van der Waals surface area contributed by atoms with Crippen molar-refractivity contribution in [2.24, 2.45) is 5.41 Å². The zero-order valence-corrected chi connectivity index (χ0v) is 23.4. The fourth-order valence-electron chi connectivity index (χ4n) is 5.19. The molecule has 0 radical (unpaired) electrons. The third-order valence-electron chi connectivity index (χ3n) is 7.58. The van der Waals surface area contributed by atoms with E-state index in [-0.39, 0.29) is 35.1 Å². The molecule has 0 bridgehead atoms. The first-order valence-electron chi connectivity index (χ1n) is 13.7. The highest BCUT2D eigenvalue weighted by Gasteiger charge is 2.33. The standard InChI is InChI=1S/C30H29F3N8O2/c1-29(2,16-34)28(43)38-21-5-3-4-19(14-21)26-40-23(24-25(35)37-12-13-41(24)26)17-6-8-18(9-7-17)27(42)39-22-15-20(10-11-36-22)30(31,32)33/h6-13,15,19,21H,3-5,14H2,1-2H3,(H2,35,37)(H,38,43)(H,36,39,42)/t19-,21-/m0/s1. The highest BCUT2D eigenvalue weighted by atomic mass is 19.4. The number of rotatable bonds is 6. The summed E-state index contributed by atoms with van der Waals surface area (Å²) in [7, 11) is 0. The molecule has 1 fully saturated rings. The number of carbonyl (C=O) groups is 2. The fraction of sp³-hybridized carbons (Fsp3) is 0.333. The lowest BCUT2D eigenvalue weighted by atomic mass is 9.84. The highest BCUT2D eigenvalue weighted by molar-refractivity contribution is 6.04. The van der Waals surface area contributed by atoms with Crippen LogP contribution in [0.25, 0.3) is 16.8 Å². The van der Waals surface area contributed by atoms with E-state index in [2.05, 4.69) is 20.6 Å². The van der Waals surface area contributed by atoms with E-state index in [1.54, 1.807) is 50.5 Å². The number of aromatic nitrogens is 4. The van der Waals surface area contributed by atoms with Gasteiger partial charge in [0.15, 0.2) is 0 Å². The van der Waals surface area contributed by atoms with Gasteiger partial charge in [0.05, 0.1) is 11.6 Å². The third-order valence-corrected chi connectivity index (χ3v) is 7.58. The molecule has 1 aromatic carbocycles. The number of anilines is 2. The van der Waals surface area contributed by atoms with E-state index in [9.17, 15) is 28.0 Å². The molecule has 5 rings (SSSR count). The van der Waals surface area contributed by atoms with E-state index >= 15 is 0 Å². The second-order valence-electron chi connectivity index (χ2n) is 11.1. The molecular formula is C30H29F3N8O2. The van der Waals surface area contributed by atoms with Gasteiger partial charge in [-0.05, 0) is 57.4 Å². The normalized spacial score (nSPS) is 17.3. The quantitative estimate of drug-likeness (QED) is 0.274. The summed E-state index contributed by atoms with van der Waals surface area (Å²) in [5.41, 5.74) is 6.27. The van der Waals surface area contributed by atoms with Crippen LogP contribution in [0.3, 0.4) is 0 Å². The maximum absolute atomic E-state index is 13.0. The molecule has 1 aliphatic carbocycles. The number of nitriles is 1. The first-order valence-corrected chi connectivity index (χ1v) is 13.7. The summed E-state index contributed by atoms with van der Waals surface area (Å²) in [4.78, 5) is 38.4. The number of carbonyl (C=O) groups excluding carboxylic acids is 2. The van der Waals surface area contributed by atoms with Gasteiger partial charge in [0.2, 0.25) is 5.91 Å². The van der Waals surface area contributed by atoms with Crippen LogP contribution in [-0.4, -0.2) is 37.2 Å². The van der Waals surface area contributed by atoms with Crippen molar-refractivity contribution in [1.82, 2.24) is 24.7 Å². The van der Waals surface area contributed by atoms with Gasteiger partial charge in [-0.3, -0.25) is 14.0 Å². The Balaban J connectivity index is 1.39. The lowest BCUT2D eigenvalue weighted by Crippen LogP contribution is -2.44. The van der Waals surface area contributed by atoms with Crippen LogP contribution < -0.4 is 16.4 Å². The van der Waals surface area contributed by atoms with Crippen LogP contribution in [0, 0.1) is 16.7 Å². The minimum atomic E-state index is -4.56. The Morgan fingerprint density at radius 2 is 1.84 bits per heavy atom. The van der Waals surface area contributed by atoms with Crippen molar-refractivity contribution in [2.75, 3.05) is 11.1 Å². The van der Waals surface area contributed by atoms with E-state index < -0.39 is 23.1 Å². The first kappa shape index (κ1) is 29.5.